The van der Waals surface area contributed by atoms with E-state index in [1.807, 2.05) is 12.1 Å². The molecule has 8 nitrogen and oxygen atoms in total. The molecule has 26 heavy (non-hydrogen) atoms. The molecule has 0 radical (unpaired) electrons. The molecule has 2 heterocycles. The molecule has 4 rings (SSSR count). The molecule has 132 valence electrons. The first-order valence-corrected chi connectivity index (χ1v) is 8.01. The normalized spacial score (nSPS) is 12.2. The minimum Gasteiger partial charge on any atom is -0.454 e. The number of carbonyl (C=O) groups is 1. The third kappa shape index (κ3) is 2.92. The Morgan fingerprint density at radius 3 is 2.77 bits per heavy atom. The first-order chi connectivity index (χ1) is 12.6. The number of urea groups is 1. The number of hydrogen-bond donors (Lipinski definition) is 2. The van der Waals surface area contributed by atoms with Gasteiger partial charge in [-0.1, -0.05) is 18.2 Å². The highest BCUT2D eigenvalue weighted by Gasteiger charge is 2.14. The number of ether oxygens (including phenoxy) is 2. The van der Waals surface area contributed by atoms with Crippen molar-refractivity contribution in [3.8, 4) is 11.5 Å². The van der Waals surface area contributed by atoms with Crippen LogP contribution in [0, 0.1) is 0 Å². The van der Waals surface area contributed by atoms with Crippen molar-refractivity contribution in [3.05, 3.63) is 58.5 Å². The van der Waals surface area contributed by atoms with Crippen molar-refractivity contribution in [1.29, 1.82) is 0 Å². The number of carbonyl (C=O) groups excluding carboxylic acids is 1. The smallest absolute Gasteiger partial charge is 0.319 e. The summed E-state index contributed by atoms with van der Waals surface area (Å²) in [4.78, 5) is 24.3. The van der Waals surface area contributed by atoms with Crippen molar-refractivity contribution in [2.24, 2.45) is 7.05 Å². The summed E-state index contributed by atoms with van der Waals surface area (Å²) in [6.07, 6.45) is 0. The molecule has 2 aromatic carbocycles. The van der Waals surface area contributed by atoms with Gasteiger partial charge >= 0.3 is 6.03 Å². The first-order valence-electron chi connectivity index (χ1n) is 8.01. The van der Waals surface area contributed by atoms with E-state index >= 15 is 0 Å². The number of nitrogens with one attached hydrogen (secondary N) is 2. The Morgan fingerprint density at radius 2 is 1.92 bits per heavy atom. The maximum Gasteiger partial charge on any atom is 0.319 e. The Balaban J connectivity index is 1.49. The second-order valence-electron chi connectivity index (χ2n) is 5.80. The number of aromatic nitrogens is 2. The molecule has 1 aliphatic rings. The summed E-state index contributed by atoms with van der Waals surface area (Å²) in [6, 6.07) is 12.0. The largest absolute Gasteiger partial charge is 0.454 e. The van der Waals surface area contributed by atoms with E-state index in [1.165, 1.54) is 4.68 Å². The zero-order valence-electron chi connectivity index (χ0n) is 14.0. The summed E-state index contributed by atoms with van der Waals surface area (Å²) in [7, 11) is 1.59. The highest BCUT2D eigenvalue weighted by Crippen LogP contribution is 2.34. The van der Waals surface area contributed by atoms with Gasteiger partial charge in [-0.05, 0) is 18.2 Å². The summed E-state index contributed by atoms with van der Waals surface area (Å²) in [5.41, 5.74) is 1.03. The van der Waals surface area contributed by atoms with Crippen molar-refractivity contribution in [3.63, 3.8) is 0 Å². The number of nitrogens with zero attached hydrogens (tertiary/aromatic N) is 2. The van der Waals surface area contributed by atoms with Gasteiger partial charge in [0.05, 0.1) is 17.6 Å². The predicted molar refractivity (Wildman–Crippen MR) is 95.4 cm³/mol. The molecule has 0 saturated heterocycles. The minimum atomic E-state index is -0.386. The third-order valence-corrected chi connectivity index (χ3v) is 4.08. The molecule has 0 aliphatic carbocycles. The van der Waals surface area contributed by atoms with Crippen LogP contribution in [0.1, 0.15) is 5.69 Å². The number of anilines is 1. The van der Waals surface area contributed by atoms with E-state index in [4.69, 9.17) is 9.47 Å². The number of amides is 2. The molecule has 3 aromatic rings. The standard InChI is InChI=1S/C18H16N4O4/c1-22-17(23)13-5-3-2-4-12(13)14(21-22)9-19-18(24)20-11-6-7-15-16(8-11)26-10-25-15/h2-8H,9-10H2,1H3,(H2,19,20,24). The number of rotatable bonds is 3. The molecule has 2 N–H and O–H groups in total. The second-order valence-corrected chi connectivity index (χ2v) is 5.80. The van der Waals surface area contributed by atoms with Crippen LogP contribution in [0.4, 0.5) is 10.5 Å². The van der Waals surface area contributed by atoms with Crippen LogP contribution in [0.15, 0.2) is 47.3 Å². The zero-order chi connectivity index (χ0) is 18.1. The maximum atomic E-state index is 12.2. The van der Waals surface area contributed by atoms with E-state index in [-0.39, 0.29) is 24.9 Å². The van der Waals surface area contributed by atoms with Gasteiger partial charge < -0.3 is 20.1 Å². The molecule has 2 amide bonds. The van der Waals surface area contributed by atoms with E-state index in [1.54, 1.807) is 37.4 Å². The van der Waals surface area contributed by atoms with Gasteiger partial charge in [-0.3, -0.25) is 4.79 Å². The SMILES string of the molecule is Cn1nc(CNC(=O)Nc2ccc3c(c2)OCO3)c2ccccc2c1=O. The van der Waals surface area contributed by atoms with Gasteiger partial charge in [0.25, 0.3) is 5.56 Å². The van der Waals surface area contributed by atoms with Crippen molar-refractivity contribution < 1.29 is 14.3 Å². The summed E-state index contributed by atoms with van der Waals surface area (Å²) < 4.78 is 11.8. The van der Waals surface area contributed by atoms with Gasteiger partial charge in [0.1, 0.15) is 0 Å². The van der Waals surface area contributed by atoms with E-state index in [0.717, 1.165) is 5.39 Å². The highest BCUT2D eigenvalue weighted by atomic mass is 16.7. The van der Waals surface area contributed by atoms with Gasteiger partial charge in [0, 0.05) is 24.2 Å². The van der Waals surface area contributed by atoms with Crippen LogP contribution in [-0.2, 0) is 13.6 Å². The van der Waals surface area contributed by atoms with Crippen LogP contribution in [0.2, 0.25) is 0 Å². The molecule has 0 fully saturated rings. The molecule has 0 saturated carbocycles. The Hall–Kier alpha value is -3.55. The quantitative estimate of drug-likeness (QED) is 0.752. The first kappa shape index (κ1) is 15.9. The maximum absolute atomic E-state index is 12.2. The van der Waals surface area contributed by atoms with Gasteiger partial charge in [0.15, 0.2) is 11.5 Å². The molecule has 1 aromatic heterocycles. The second kappa shape index (κ2) is 6.40. The van der Waals surface area contributed by atoms with E-state index in [2.05, 4.69) is 15.7 Å². The summed E-state index contributed by atoms with van der Waals surface area (Å²) >= 11 is 0. The van der Waals surface area contributed by atoms with E-state index in [9.17, 15) is 9.59 Å². The molecule has 0 spiro atoms. The van der Waals surface area contributed by atoms with Gasteiger partial charge in [0.2, 0.25) is 6.79 Å². The average molecular weight is 352 g/mol. The topological polar surface area (TPSA) is 94.5 Å². The van der Waals surface area contributed by atoms with Crippen LogP contribution >= 0.6 is 0 Å². The fraction of sp³-hybridized carbons (Fsp3) is 0.167. The van der Waals surface area contributed by atoms with Crippen LogP contribution < -0.4 is 25.7 Å². The number of benzene rings is 2. The molecular formula is C18H16N4O4. The lowest BCUT2D eigenvalue weighted by Gasteiger charge is -2.10. The minimum absolute atomic E-state index is 0.172. The van der Waals surface area contributed by atoms with Gasteiger partial charge in [-0.15, -0.1) is 0 Å². The van der Waals surface area contributed by atoms with Crippen molar-refractivity contribution in [2.45, 2.75) is 6.54 Å². The molecule has 1 aliphatic heterocycles. The van der Waals surface area contributed by atoms with E-state index in [0.29, 0.717) is 28.3 Å². The summed E-state index contributed by atoms with van der Waals surface area (Å²) in [6.45, 7) is 0.363. The van der Waals surface area contributed by atoms with Crippen LogP contribution in [0.5, 0.6) is 11.5 Å². The third-order valence-electron chi connectivity index (χ3n) is 4.08. The molecule has 8 heteroatoms. The highest BCUT2D eigenvalue weighted by molar-refractivity contribution is 5.90. The lowest BCUT2D eigenvalue weighted by molar-refractivity contribution is 0.174. The van der Waals surface area contributed by atoms with Crippen LogP contribution in [0.3, 0.4) is 0 Å². The Morgan fingerprint density at radius 1 is 1.15 bits per heavy atom. The Kier molecular flexibility index (Phi) is 3.92. The molecular weight excluding hydrogens is 336 g/mol. The molecule has 0 atom stereocenters. The fourth-order valence-electron chi connectivity index (χ4n) is 2.82. The van der Waals surface area contributed by atoms with E-state index < -0.39 is 0 Å². The van der Waals surface area contributed by atoms with Gasteiger partial charge in [-0.2, -0.15) is 5.10 Å². The number of hydrogen-bond acceptors (Lipinski definition) is 5. The average Bonchev–Trinajstić information content (AvgIpc) is 3.11. The van der Waals surface area contributed by atoms with Gasteiger partial charge in [-0.25, -0.2) is 9.48 Å². The van der Waals surface area contributed by atoms with Crippen LogP contribution in [0.25, 0.3) is 10.8 Å². The van der Waals surface area contributed by atoms with Crippen molar-refractivity contribution >= 4 is 22.5 Å². The lowest BCUT2D eigenvalue weighted by Crippen LogP contribution is -2.30. The fourth-order valence-corrected chi connectivity index (χ4v) is 2.82. The Labute approximate surface area is 148 Å². The monoisotopic (exact) mass is 352 g/mol. The molecule has 0 unspecified atom stereocenters. The summed E-state index contributed by atoms with van der Waals surface area (Å²) in [5.74, 6) is 1.24. The molecule has 0 bridgehead atoms. The summed E-state index contributed by atoms with van der Waals surface area (Å²) in [5, 5.41) is 11.0. The van der Waals surface area contributed by atoms with Crippen molar-refractivity contribution in [1.82, 2.24) is 15.1 Å². The number of aryl methyl sites for hydroxylation is 1. The van der Waals surface area contributed by atoms with Crippen molar-refractivity contribution in [2.75, 3.05) is 12.1 Å². The van der Waals surface area contributed by atoms with Crippen LogP contribution in [-0.4, -0.2) is 22.6 Å². The lowest BCUT2D eigenvalue weighted by atomic mass is 10.1. The Bertz CT molecular complexity index is 1060. The zero-order valence-corrected chi connectivity index (χ0v) is 14.0. The predicted octanol–water partition coefficient (Wildman–Crippen LogP) is 1.98. The number of fused-ring (bicyclic) bond motifs is 2.